The number of hydrogen-bond donors (Lipinski definition) is 2. The summed E-state index contributed by atoms with van der Waals surface area (Å²) < 4.78 is 12.9. The number of rotatable bonds is 4. The number of carbonyl (C=O) groups excluding carboxylic acids is 1. The third-order valence-corrected chi connectivity index (χ3v) is 3.06. The molecule has 1 aromatic rings. The van der Waals surface area contributed by atoms with E-state index >= 15 is 0 Å². The van der Waals surface area contributed by atoms with Crippen molar-refractivity contribution in [1.29, 1.82) is 0 Å². The molecular weight excluding hydrogens is 292 g/mol. The number of aromatic nitrogens is 1. The summed E-state index contributed by atoms with van der Waals surface area (Å²) in [7, 11) is 0. The van der Waals surface area contributed by atoms with Crippen LogP contribution in [0.15, 0.2) is 18.5 Å². The Labute approximate surface area is 125 Å². The van der Waals surface area contributed by atoms with Gasteiger partial charge in [0.15, 0.2) is 0 Å². The minimum atomic E-state index is -0.531. The molecule has 0 saturated carbocycles. The molecule has 0 bridgehead atoms. The number of amides is 1. The molecule has 3 N–H and O–H groups in total. The Morgan fingerprint density at radius 1 is 1.47 bits per heavy atom. The van der Waals surface area contributed by atoms with Crippen molar-refractivity contribution in [2.75, 3.05) is 6.54 Å². The molecule has 0 radical (unpaired) electrons. The summed E-state index contributed by atoms with van der Waals surface area (Å²) in [5.74, 6) is -0.715. The maximum absolute atomic E-state index is 12.9. The first kappa shape index (κ1) is 20.4. The van der Waals surface area contributed by atoms with E-state index in [4.69, 9.17) is 5.73 Å². The van der Waals surface area contributed by atoms with Crippen LogP contribution in [0.5, 0.6) is 0 Å². The summed E-state index contributed by atoms with van der Waals surface area (Å²) >= 11 is 0. The summed E-state index contributed by atoms with van der Waals surface area (Å²) in [6.45, 7) is 6.12. The quantitative estimate of drug-likeness (QED) is 0.895. The second kappa shape index (κ2) is 8.30. The molecule has 1 aromatic heterocycles. The van der Waals surface area contributed by atoms with Gasteiger partial charge < -0.3 is 11.1 Å². The lowest BCUT2D eigenvalue weighted by Gasteiger charge is -2.33. The Morgan fingerprint density at radius 3 is 2.47 bits per heavy atom. The zero-order valence-electron chi connectivity index (χ0n) is 11.1. The van der Waals surface area contributed by atoms with Gasteiger partial charge in [0.2, 0.25) is 0 Å². The van der Waals surface area contributed by atoms with Gasteiger partial charge in [0, 0.05) is 12.7 Å². The number of pyridine rings is 1. The second-order valence-electron chi connectivity index (χ2n) is 4.62. The lowest BCUT2D eigenvalue weighted by atomic mass is 9.88. The Kier molecular flexibility index (Phi) is 8.91. The van der Waals surface area contributed by atoms with E-state index in [-0.39, 0.29) is 42.2 Å². The van der Waals surface area contributed by atoms with Gasteiger partial charge in [-0.25, -0.2) is 4.39 Å². The van der Waals surface area contributed by atoms with Crippen LogP contribution in [-0.2, 0) is 0 Å². The summed E-state index contributed by atoms with van der Waals surface area (Å²) in [5.41, 5.74) is 5.35. The van der Waals surface area contributed by atoms with Crippen molar-refractivity contribution in [2.45, 2.75) is 26.3 Å². The van der Waals surface area contributed by atoms with E-state index in [0.717, 1.165) is 12.3 Å². The van der Waals surface area contributed by atoms with Crippen molar-refractivity contribution in [2.24, 2.45) is 11.7 Å². The molecule has 1 amide bonds. The highest BCUT2D eigenvalue weighted by atomic mass is 35.5. The molecule has 1 atom stereocenters. The molecule has 1 rings (SSSR count). The number of hydrogen-bond acceptors (Lipinski definition) is 3. The molecule has 19 heavy (non-hydrogen) atoms. The van der Waals surface area contributed by atoms with E-state index in [0.29, 0.717) is 6.54 Å². The van der Waals surface area contributed by atoms with E-state index in [1.807, 2.05) is 20.8 Å². The molecule has 110 valence electrons. The number of halogens is 3. The van der Waals surface area contributed by atoms with Crippen molar-refractivity contribution in [1.82, 2.24) is 10.3 Å². The van der Waals surface area contributed by atoms with Crippen molar-refractivity contribution < 1.29 is 9.18 Å². The molecule has 0 fully saturated rings. The first-order valence-electron chi connectivity index (χ1n) is 5.52. The van der Waals surface area contributed by atoms with Gasteiger partial charge in [-0.15, -0.1) is 24.8 Å². The number of nitrogens with two attached hydrogens (primary N) is 1. The summed E-state index contributed by atoms with van der Waals surface area (Å²) in [6, 6.07) is 1.15. The lowest BCUT2D eigenvalue weighted by molar-refractivity contribution is 0.0882. The van der Waals surface area contributed by atoms with Gasteiger partial charge in [-0.05, 0) is 18.9 Å². The highest BCUT2D eigenvalue weighted by Gasteiger charge is 2.29. The van der Waals surface area contributed by atoms with Crippen molar-refractivity contribution in [3.8, 4) is 0 Å². The van der Waals surface area contributed by atoms with Crippen molar-refractivity contribution >= 4 is 30.7 Å². The van der Waals surface area contributed by atoms with Gasteiger partial charge >= 0.3 is 0 Å². The minimum Gasteiger partial charge on any atom is -0.345 e. The van der Waals surface area contributed by atoms with Gasteiger partial charge in [0.25, 0.3) is 5.91 Å². The van der Waals surface area contributed by atoms with Crippen molar-refractivity contribution in [3.05, 3.63) is 29.8 Å². The zero-order chi connectivity index (χ0) is 13.1. The van der Waals surface area contributed by atoms with Crippen LogP contribution in [0.4, 0.5) is 4.39 Å². The molecule has 1 unspecified atom stereocenters. The maximum Gasteiger partial charge on any atom is 0.253 e. The highest BCUT2D eigenvalue weighted by molar-refractivity contribution is 5.94. The monoisotopic (exact) mass is 311 g/mol. The van der Waals surface area contributed by atoms with E-state index in [2.05, 4.69) is 10.3 Å². The van der Waals surface area contributed by atoms with E-state index in [1.165, 1.54) is 6.20 Å². The van der Waals surface area contributed by atoms with Crippen LogP contribution in [0.1, 0.15) is 31.1 Å². The predicted molar refractivity (Wildman–Crippen MR) is 78.5 cm³/mol. The van der Waals surface area contributed by atoms with Gasteiger partial charge in [-0.2, -0.15) is 0 Å². The topological polar surface area (TPSA) is 68.0 Å². The van der Waals surface area contributed by atoms with Crippen LogP contribution in [0.2, 0.25) is 0 Å². The van der Waals surface area contributed by atoms with Gasteiger partial charge in [0.05, 0.1) is 17.3 Å². The van der Waals surface area contributed by atoms with Crippen LogP contribution >= 0.6 is 24.8 Å². The maximum atomic E-state index is 12.9. The second-order valence-corrected chi connectivity index (χ2v) is 4.62. The Hall–Kier alpha value is -0.910. The van der Waals surface area contributed by atoms with E-state index < -0.39 is 11.4 Å². The first-order chi connectivity index (χ1) is 7.89. The SMILES string of the molecule is CC(C)C(C)(CN)NC(=O)c1cncc(F)c1.Cl.Cl. The normalized spacial score (nSPS) is 12.9. The molecule has 0 aliphatic rings. The Morgan fingerprint density at radius 2 is 2.05 bits per heavy atom. The van der Waals surface area contributed by atoms with Crippen LogP contribution in [0.25, 0.3) is 0 Å². The third kappa shape index (κ3) is 5.30. The predicted octanol–water partition coefficient (Wildman–Crippen LogP) is 2.17. The van der Waals surface area contributed by atoms with Crippen LogP contribution < -0.4 is 11.1 Å². The Bertz CT molecular complexity index is 418. The largest absolute Gasteiger partial charge is 0.345 e. The molecule has 7 heteroatoms. The Balaban J connectivity index is 0. The van der Waals surface area contributed by atoms with Crippen molar-refractivity contribution in [3.63, 3.8) is 0 Å². The number of nitrogens with zero attached hydrogens (tertiary/aromatic N) is 1. The van der Waals surface area contributed by atoms with Gasteiger partial charge in [-0.1, -0.05) is 13.8 Å². The average molecular weight is 312 g/mol. The third-order valence-electron chi connectivity index (χ3n) is 3.06. The fourth-order valence-corrected chi connectivity index (χ4v) is 1.30. The molecule has 0 aromatic carbocycles. The zero-order valence-corrected chi connectivity index (χ0v) is 12.8. The number of carbonyl (C=O) groups is 1. The average Bonchev–Trinajstić information content (AvgIpc) is 2.28. The van der Waals surface area contributed by atoms with Crippen LogP contribution in [0, 0.1) is 11.7 Å². The standard InChI is InChI=1S/C12H18FN3O.2ClH/c1-8(2)12(3,7-14)16-11(17)9-4-10(13)6-15-5-9;;/h4-6,8H,7,14H2,1-3H3,(H,16,17);2*1H. The molecule has 0 spiro atoms. The summed E-state index contributed by atoms with van der Waals surface area (Å²) in [4.78, 5) is 15.5. The molecule has 4 nitrogen and oxygen atoms in total. The molecule has 0 saturated heterocycles. The summed E-state index contributed by atoms with van der Waals surface area (Å²) in [5, 5.41) is 2.82. The molecule has 1 heterocycles. The molecular formula is C12H20Cl2FN3O. The fourth-order valence-electron chi connectivity index (χ4n) is 1.30. The minimum absolute atomic E-state index is 0. The first-order valence-corrected chi connectivity index (χ1v) is 5.52. The van der Waals surface area contributed by atoms with Crippen LogP contribution in [0.3, 0.4) is 0 Å². The molecule has 0 aliphatic heterocycles. The smallest absolute Gasteiger partial charge is 0.253 e. The van der Waals surface area contributed by atoms with Gasteiger partial charge in [0.1, 0.15) is 5.82 Å². The lowest BCUT2D eigenvalue weighted by Crippen LogP contribution is -2.55. The highest BCUT2D eigenvalue weighted by Crippen LogP contribution is 2.15. The van der Waals surface area contributed by atoms with E-state index in [1.54, 1.807) is 0 Å². The fraction of sp³-hybridized carbons (Fsp3) is 0.500. The van der Waals surface area contributed by atoms with E-state index in [9.17, 15) is 9.18 Å². The van der Waals surface area contributed by atoms with Gasteiger partial charge in [-0.3, -0.25) is 9.78 Å². The van der Waals surface area contributed by atoms with Crippen LogP contribution in [-0.4, -0.2) is 23.0 Å². The summed E-state index contributed by atoms with van der Waals surface area (Å²) in [6.07, 6.45) is 2.39. The number of nitrogens with one attached hydrogen (secondary N) is 1. The molecule has 0 aliphatic carbocycles.